The lowest BCUT2D eigenvalue weighted by Crippen LogP contribution is -2.39. The van der Waals surface area contributed by atoms with Crippen molar-refractivity contribution >= 4 is 0 Å². The fraction of sp³-hybridized carbons (Fsp3) is 0.455. The first-order valence-corrected chi connectivity index (χ1v) is 9.38. The molecular weight excluding hydrogens is 294 g/mol. The van der Waals surface area contributed by atoms with Crippen molar-refractivity contribution in [1.29, 1.82) is 0 Å². The van der Waals surface area contributed by atoms with Crippen LogP contribution < -0.4 is 0 Å². The number of phenolic OH excluding ortho intramolecular Hbond substituents is 1. The van der Waals surface area contributed by atoms with Crippen molar-refractivity contribution in [2.75, 3.05) is 13.1 Å². The molecule has 0 heterocycles. The second-order valence-corrected chi connectivity index (χ2v) is 6.94. The van der Waals surface area contributed by atoms with Gasteiger partial charge in [0.15, 0.2) is 0 Å². The molecule has 1 N–H and O–H groups in total. The van der Waals surface area contributed by atoms with Gasteiger partial charge < -0.3 is 5.11 Å². The molecule has 0 saturated heterocycles. The molecule has 2 nitrogen and oxygen atoms in total. The van der Waals surface area contributed by atoms with Crippen LogP contribution >= 0.6 is 0 Å². The Morgan fingerprint density at radius 3 is 2.21 bits per heavy atom. The Labute approximate surface area is 146 Å². The number of nitrogens with zero attached hydrogens (tertiary/aromatic N) is 1. The van der Waals surface area contributed by atoms with Crippen LogP contribution in [0.4, 0.5) is 0 Å². The van der Waals surface area contributed by atoms with Crippen LogP contribution in [-0.4, -0.2) is 29.1 Å². The van der Waals surface area contributed by atoms with E-state index in [-0.39, 0.29) is 0 Å². The molecule has 2 aromatic carbocycles. The summed E-state index contributed by atoms with van der Waals surface area (Å²) in [6.45, 7) is 2.15. The van der Waals surface area contributed by atoms with E-state index in [4.69, 9.17) is 0 Å². The van der Waals surface area contributed by atoms with Crippen molar-refractivity contribution in [2.24, 2.45) is 0 Å². The van der Waals surface area contributed by atoms with Crippen LogP contribution in [0.1, 0.15) is 43.2 Å². The van der Waals surface area contributed by atoms with Crippen LogP contribution in [0, 0.1) is 0 Å². The summed E-state index contributed by atoms with van der Waals surface area (Å²) in [7, 11) is 0. The number of aromatic hydroxyl groups is 1. The Balaban J connectivity index is 1.61. The molecule has 0 bridgehead atoms. The topological polar surface area (TPSA) is 23.5 Å². The predicted octanol–water partition coefficient (Wildman–Crippen LogP) is 4.81. The summed E-state index contributed by atoms with van der Waals surface area (Å²) in [6.07, 6.45) is 8.82. The van der Waals surface area contributed by atoms with Gasteiger partial charge in [-0.2, -0.15) is 0 Å². The quantitative estimate of drug-likeness (QED) is 0.790. The van der Waals surface area contributed by atoms with Crippen molar-refractivity contribution in [3.63, 3.8) is 0 Å². The SMILES string of the molecule is Oc1ccccc1CCN(CCc1ccccc1)C1CCCCC1. The van der Waals surface area contributed by atoms with Gasteiger partial charge in [0.25, 0.3) is 0 Å². The molecule has 1 aliphatic rings. The van der Waals surface area contributed by atoms with Gasteiger partial charge in [-0.05, 0) is 42.9 Å². The minimum atomic E-state index is 0.434. The number of benzene rings is 2. The summed E-state index contributed by atoms with van der Waals surface area (Å²) < 4.78 is 0. The maximum atomic E-state index is 10.0. The highest BCUT2D eigenvalue weighted by Gasteiger charge is 2.21. The normalized spacial score (nSPS) is 15.7. The lowest BCUT2D eigenvalue weighted by molar-refractivity contribution is 0.159. The van der Waals surface area contributed by atoms with Crippen molar-refractivity contribution in [3.8, 4) is 5.75 Å². The number of rotatable bonds is 7. The molecule has 128 valence electrons. The van der Waals surface area contributed by atoms with Gasteiger partial charge in [-0.1, -0.05) is 67.8 Å². The maximum absolute atomic E-state index is 10.0. The van der Waals surface area contributed by atoms with E-state index < -0.39 is 0 Å². The van der Waals surface area contributed by atoms with Crippen molar-refractivity contribution in [3.05, 3.63) is 65.7 Å². The van der Waals surface area contributed by atoms with Crippen LogP contribution in [0.25, 0.3) is 0 Å². The van der Waals surface area contributed by atoms with E-state index in [0.29, 0.717) is 11.8 Å². The molecular formula is C22H29NO. The third kappa shape index (κ3) is 4.85. The van der Waals surface area contributed by atoms with Crippen LogP contribution in [-0.2, 0) is 12.8 Å². The Kier molecular flexibility index (Phi) is 6.31. The third-order valence-corrected chi connectivity index (χ3v) is 5.28. The minimum Gasteiger partial charge on any atom is -0.508 e. The second kappa shape index (κ2) is 8.89. The van der Waals surface area contributed by atoms with Crippen molar-refractivity contribution in [2.45, 2.75) is 51.0 Å². The van der Waals surface area contributed by atoms with Crippen LogP contribution in [0.2, 0.25) is 0 Å². The first-order valence-electron chi connectivity index (χ1n) is 9.38. The zero-order valence-corrected chi connectivity index (χ0v) is 14.5. The highest BCUT2D eigenvalue weighted by atomic mass is 16.3. The average Bonchev–Trinajstić information content (AvgIpc) is 2.65. The van der Waals surface area contributed by atoms with Gasteiger partial charge in [-0.15, -0.1) is 0 Å². The molecule has 0 radical (unpaired) electrons. The van der Waals surface area contributed by atoms with Crippen molar-refractivity contribution < 1.29 is 5.11 Å². The lowest BCUT2D eigenvalue weighted by Gasteiger charge is -2.34. The van der Waals surface area contributed by atoms with Crippen LogP contribution in [0.5, 0.6) is 5.75 Å². The van der Waals surface area contributed by atoms with E-state index in [0.717, 1.165) is 31.5 Å². The first-order chi connectivity index (χ1) is 11.8. The van der Waals surface area contributed by atoms with E-state index in [1.807, 2.05) is 18.2 Å². The van der Waals surface area contributed by atoms with Crippen LogP contribution in [0.15, 0.2) is 54.6 Å². The van der Waals surface area contributed by atoms with E-state index in [1.165, 1.54) is 37.7 Å². The average molecular weight is 323 g/mol. The van der Waals surface area contributed by atoms with E-state index in [2.05, 4.69) is 35.2 Å². The van der Waals surface area contributed by atoms with Gasteiger partial charge in [-0.3, -0.25) is 4.90 Å². The minimum absolute atomic E-state index is 0.434. The van der Waals surface area contributed by atoms with Crippen LogP contribution in [0.3, 0.4) is 0 Å². The Morgan fingerprint density at radius 2 is 1.46 bits per heavy atom. The number of hydrogen-bond acceptors (Lipinski definition) is 2. The summed E-state index contributed by atoms with van der Waals surface area (Å²) in [5.41, 5.74) is 2.49. The molecule has 3 rings (SSSR count). The van der Waals surface area contributed by atoms with Crippen molar-refractivity contribution in [1.82, 2.24) is 4.90 Å². The smallest absolute Gasteiger partial charge is 0.118 e. The monoisotopic (exact) mass is 323 g/mol. The third-order valence-electron chi connectivity index (χ3n) is 5.28. The van der Waals surface area contributed by atoms with E-state index in [9.17, 15) is 5.11 Å². The fourth-order valence-electron chi connectivity index (χ4n) is 3.83. The van der Waals surface area contributed by atoms with Gasteiger partial charge in [0.05, 0.1) is 0 Å². The summed E-state index contributed by atoms with van der Waals surface area (Å²) in [4.78, 5) is 2.67. The van der Waals surface area contributed by atoms with Gasteiger partial charge in [-0.25, -0.2) is 0 Å². The molecule has 0 spiro atoms. The predicted molar refractivity (Wildman–Crippen MR) is 100 cm³/mol. The molecule has 0 aromatic heterocycles. The van der Waals surface area contributed by atoms with E-state index >= 15 is 0 Å². The summed E-state index contributed by atoms with van der Waals surface area (Å²) in [5.74, 6) is 0.434. The highest BCUT2D eigenvalue weighted by molar-refractivity contribution is 5.31. The lowest BCUT2D eigenvalue weighted by atomic mass is 9.93. The molecule has 1 aliphatic carbocycles. The zero-order chi connectivity index (χ0) is 16.6. The summed E-state index contributed by atoms with van der Waals surface area (Å²) >= 11 is 0. The molecule has 1 fully saturated rings. The van der Waals surface area contributed by atoms with Gasteiger partial charge in [0.1, 0.15) is 5.75 Å². The molecule has 0 amide bonds. The highest BCUT2D eigenvalue weighted by Crippen LogP contribution is 2.24. The molecule has 0 aliphatic heterocycles. The second-order valence-electron chi connectivity index (χ2n) is 6.94. The standard InChI is InChI=1S/C22H29NO/c24-22-14-8-7-11-20(22)16-18-23(21-12-5-2-6-13-21)17-15-19-9-3-1-4-10-19/h1,3-4,7-11,14,21,24H,2,5-6,12-13,15-18H2. The number of phenols is 1. The van der Waals surface area contributed by atoms with Gasteiger partial charge in [0.2, 0.25) is 0 Å². The van der Waals surface area contributed by atoms with E-state index in [1.54, 1.807) is 6.07 Å². The first kappa shape index (κ1) is 17.0. The molecule has 2 heteroatoms. The molecule has 2 aromatic rings. The largest absolute Gasteiger partial charge is 0.508 e. The summed E-state index contributed by atoms with van der Waals surface area (Å²) in [5, 5.41) is 10.0. The zero-order valence-electron chi connectivity index (χ0n) is 14.5. The Bertz CT molecular complexity index is 604. The number of hydrogen-bond donors (Lipinski definition) is 1. The Morgan fingerprint density at radius 1 is 0.792 bits per heavy atom. The molecule has 0 atom stereocenters. The van der Waals surface area contributed by atoms with Gasteiger partial charge >= 0.3 is 0 Å². The maximum Gasteiger partial charge on any atom is 0.118 e. The summed E-state index contributed by atoms with van der Waals surface area (Å²) in [6, 6.07) is 19.3. The van der Waals surface area contributed by atoms with Gasteiger partial charge in [0, 0.05) is 19.1 Å². The molecule has 1 saturated carbocycles. The molecule has 0 unspecified atom stereocenters. The number of para-hydroxylation sites is 1. The fourth-order valence-corrected chi connectivity index (χ4v) is 3.83. The Hall–Kier alpha value is -1.80. The molecule has 24 heavy (non-hydrogen) atoms.